The highest BCUT2D eigenvalue weighted by Gasteiger charge is 2.15. The third-order valence-electron chi connectivity index (χ3n) is 3.57. The molecule has 0 aliphatic rings. The van der Waals surface area contributed by atoms with Gasteiger partial charge in [0.2, 0.25) is 5.91 Å². The molecule has 0 fully saturated rings. The highest BCUT2D eigenvalue weighted by molar-refractivity contribution is 6.31. The van der Waals surface area contributed by atoms with Gasteiger partial charge in [0.15, 0.2) is 0 Å². The number of ether oxygens (including phenoxy) is 1. The molecule has 0 saturated carbocycles. The zero-order valence-corrected chi connectivity index (χ0v) is 13.6. The van der Waals surface area contributed by atoms with E-state index in [0.717, 1.165) is 10.9 Å². The quantitative estimate of drug-likeness (QED) is 0.725. The highest BCUT2D eigenvalue weighted by Crippen LogP contribution is 2.25. The number of nitrogens with one attached hydrogen (secondary N) is 1. The van der Waals surface area contributed by atoms with Gasteiger partial charge in [0, 0.05) is 16.0 Å². The maximum Gasteiger partial charge on any atom is 0.339 e. The topological polar surface area (TPSA) is 68.5 Å². The minimum atomic E-state index is -0.508. The van der Waals surface area contributed by atoms with Crippen molar-refractivity contribution in [2.24, 2.45) is 0 Å². The predicted molar refractivity (Wildman–Crippen MR) is 91.3 cm³/mol. The van der Waals surface area contributed by atoms with Crippen molar-refractivity contribution in [1.82, 2.24) is 0 Å². The van der Waals surface area contributed by atoms with E-state index in [9.17, 15) is 9.59 Å². The van der Waals surface area contributed by atoms with Crippen LogP contribution in [0.3, 0.4) is 0 Å². The molecule has 0 saturated heterocycles. The van der Waals surface area contributed by atoms with Gasteiger partial charge in [0.1, 0.15) is 5.58 Å². The maximum absolute atomic E-state index is 12.3. The molecule has 1 amide bonds. The van der Waals surface area contributed by atoms with Gasteiger partial charge in [-0.3, -0.25) is 4.79 Å². The van der Waals surface area contributed by atoms with Crippen LogP contribution < -0.4 is 5.32 Å². The summed E-state index contributed by atoms with van der Waals surface area (Å²) in [7, 11) is 1.29. The second-order valence-corrected chi connectivity index (χ2v) is 5.60. The average Bonchev–Trinajstić information content (AvgIpc) is 2.96. The van der Waals surface area contributed by atoms with Gasteiger partial charge in [-0.25, -0.2) is 4.79 Å². The van der Waals surface area contributed by atoms with Crippen molar-refractivity contribution in [3.05, 3.63) is 64.9 Å². The average molecular weight is 344 g/mol. The third kappa shape index (κ3) is 3.26. The summed E-state index contributed by atoms with van der Waals surface area (Å²) >= 11 is 5.99. The molecule has 0 unspecified atom stereocenters. The molecule has 0 radical (unpaired) electrons. The molecule has 24 heavy (non-hydrogen) atoms. The Bertz CT molecular complexity index is 916. The van der Waals surface area contributed by atoms with E-state index in [4.69, 9.17) is 20.8 Å². The Hall–Kier alpha value is -2.79. The van der Waals surface area contributed by atoms with Crippen LogP contribution in [-0.2, 0) is 16.0 Å². The summed E-state index contributed by atoms with van der Waals surface area (Å²) in [6.45, 7) is 0. The molecule has 5 nitrogen and oxygen atoms in total. The Morgan fingerprint density at radius 1 is 1.21 bits per heavy atom. The first-order valence-electron chi connectivity index (χ1n) is 7.21. The van der Waals surface area contributed by atoms with E-state index >= 15 is 0 Å². The summed E-state index contributed by atoms with van der Waals surface area (Å²) in [5, 5.41) is 4.09. The van der Waals surface area contributed by atoms with E-state index in [1.165, 1.54) is 13.4 Å². The molecular formula is C18H14ClNO4. The molecule has 0 aliphatic carbocycles. The van der Waals surface area contributed by atoms with Crippen molar-refractivity contribution in [2.45, 2.75) is 6.42 Å². The molecule has 1 N–H and O–H groups in total. The normalized spacial score (nSPS) is 10.6. The molecule has 122 valence electrons. The molecule has 0 spiro atoms. The smallest absolute Gasteiger partial charge is 0.339 e. The first kappa shape index (κ1) is 16.1. The van der Waals surface area contributed by atoms with Crippen LogP contribution in [-0.4, -0.2) is 19.0 Å². The number of carbonyl (C=O) groups is 2. The van der Waals surface area contributed by atoms with Crippen LogP contribution in [0, 0.1) is 0 Å². The van der Waals surface area contributed by atoms with E-state index in [2.05, 4.69) is 5.32 Å². The summed E-state index contributed by atoms with van der Waals surface area (Å²) in [6.07, 6.45) is 1.63. The highest BCUT2D eigenvalue weighted by atomic mass is 35.5. The Balaban J connectivity index is 1.81. The van der Waals surface area contributed by atoms with Crippen molar-refractivity contribution in [1.29, 1.82) is 0 Å². The lowest BCUT2D eigenvalue weighted by atomic mass is 10.1. The van der Waals surface area contributed by atoms with Crippen molar-refractivity contribution in [3.8, 4) is 0 Å². The molecule has 0 atom stereocenters. The number of halogens is 1. The Labute approximate surface area is 143 Å². The molecule has 6 heteroatoms. The molecule has 3 rings (SSSR count). The van der Waals surface area contributed by atoms with Gasteiger partial charge < -0.3 is 14.5 Å². The lowest BCUT2D eigenvalue weighted by Crippen LogP contribution is -2.17. The monoisotopic (exact) mass is 343 g/mol. The summed E-state index contributed by atoms with van der Waals surface area (Å²) < 4.78 is 10.1. The lowest BCUT2D eigenvalue weighted by Gasteiger charge is -2.09. The minimum Gasteiger partial charge on any atom is -0.465 e. The van der Waals surface area contributed by atoms with Crippen molar-refractivity contribution >= 4 is 40.1 Å². The Morgan fingerprint density at radius 2 is 2.00 bits per heavy atom. The SMILES string of the molecule is COC(=O)c1ccccc1NC(=O)Cc1coc2ccc(Cl)cc12. The number of furan rings is 1. The summed E-state index contributed by atoms with van der Waals surface area (Å²) in [6, 6.07) is 11.9. The zero-order chi connectivity index (χ0) is 17.1. The molecule has 3 aromatic rings. The molecule has 0 aliphatic heterocycles. The molecule has 1 heterocycles. The van der Waals surface area contributed by atoms with Crippen molar-refractivity contribution in [3.63, 3.8) is 0 Å². The van der Waals surface area contributed by atoms with Crippen LogP contribution in [0.25, 0.3) is 11.0 Å². The summed E-state index contributed by atoms with van der Waals surface area (Å²) in [5.74, 6) is -0.777. The number of carbonyl (C=O) groups excluding carboxylic acids is 2. The summed E-state index contributed by atoms with van der Waals surface area (Å²) in [5.41, 5.74) is 2.09. The van der Waals surface area contributed by atoms with E-state index in [1.807, 2.05) is 0 Å². The Morgan fingerprint density at radius 3 is 2.79 bits per heavy atom. The fourth-order valence-electron chi connectivity index (χ4n) is 2.44. The summed E-state index contributed by atoms with van der Waals surface area (Å²) in [4.78, 5) is 24.1. The van der Waals surface area contributed by atoms with E-state index < -0.39 is 5.97 Å². The van der Waals surface area contributed by atoms with Crippen LogP contribution in [0.4, 0.5) is 5.69 Å². The maximum atomic E-state index is 12.3. The number of para-hydroxylation sites is 1. The number of hydrogen-bond acceptors (Lipinski definition) is 4. The van der Waals surface area contributed by atoms with E-state index in [0.29, 0.717) is 21.9 Å². The first-order chi connectivity index (χ1) is 11.6. The van der Waals surface area contributed by atoms with Crippen LogP contribution in [0.15, 0.2) is 53.1 Å². The fraction of sp³-hybridized carbons (Fsp3) is 0.111. The largest absolute Gasteiger partial charge is 0.465 e. The second kappa shape index (κ2) is 6.76. The van der Waals surface area contributed by atoms with Gasteiger partial charge in [-0.05, 0) is 30.3 Å². The predicted octanol–water partition coefficient (Wildman–Crippen LogP) is 4.05. The number of benzene rings is 2. The van der Waals surface area contributed by atoms with Crippen molar-refractivity contribution in [2.75, 3.05) is 12.4 Å². The lowest BCUT2D eigenvalue weighted by molar-refractivity contribution is -0.115. The Kier molecular flexibility index (Phi) is 4.53. The minimum absolute atomic E-state index is 0.100. The van der Waals surface area contributed by atoms with Gasteiger partial charge in [-0.2, -0.15) is 0 Å². The van der Waals surface area contributed by atoms with Crippen molar-refractivity contribution < 1.29 is 18.7 Å². The number of hydrogen-bond donors (Lipinski definition) is 1. The third-order valence-corrected chi connectivity index (χ3v) is 3.81. The van der Waals surface area contributed by atoms with Gasteiger partial charge in [0.05, 0.1) is 31.0 Å². The number of rotatable bonds is 4. The van der Waals surface area contributed by atoms with E-state index in [1.54, 1.807) is 42.5 Å². The fourth-order valence-corrected chi connectivity index (χ4v) is 2.61. The van der Waals surface area contributed by atoms with E-state index in [-0.39, 0.29) is 12.3 Å². The van der Waals surface area contributed by atoms with Gasteiger partial charge in [-0.15, -0.1) is 0 Å². The zero-order valence-electron chi connectivity index (χ0n) is 12.8. The van der Waals surface area contributed by atoms with Crippen LogP contribution in [0.1, 0.15) is 15.9 Å². The van der Waals surface area contributed by atoms with Crippen LogP contribution in [0.2, 0.25) is 5.02 Å². The first-order valence-corrected chi connectivity index (χ1v) is 7.59. The molecular weight excluding hydrogens is 330 g/mol. The van der Waals surface area contributed by atoms with Crippen LogP contribution >= 0.6 is 11.6 Å². The van der Waals surface area contributed by atoms with Gasteiger partial charge >= 0.3 is 5.97 Å². The standard InChI is InChI=1S/C18H14ClNO4/c1-23-18(22)13-4-2-3-5-15(13)20-17(21)8-11-10-24-16-7-6-12(19)9-14(11)16/h2-7,9-10H,8H2,1H3,(H,20,21). The number of amides is 1. The van der Waals surface area contributed by atoms with Gasteiger partial charge in [0.25, 0.3) is 0 Å². The molecule has 0 bridgehead atoms. The number of esters is 1. The van der Waals surface area contributed by atoms with Crippen LogP contribution in [0.5, 0.6) is 0 Å². The number of anilines is 1. The number of methoxy groups -OCH3 is 1. The number of fused-ring (bicyclic) bond motifs is 1. The second-order valence-electron chi connectivity index (χ2n) is 5.16. The van der Waals surface area contributed by atoms with Gasteiger partial charge in [-0.1, -0.05) is 23.7 Å². The molecule has 2 aromatic carbocycles. The molecule has 1 aromatic heterocycles.